The Kier molecular flexibility index (Phi) is 124. The fourth-order valence-electron chi connectivity index (χ4n) is 0.337. The predicted octanol–water partition coefficient (Wildman–Crippen LogP) is 5.15. The monoisotopic (exact) mass is 842 g/mol. The van der Waals surface area contributed by atoms with Gasteiger partial charge in [-0.15, -0.1) is 123 Å². The van der Waals surface area contributed by atoms with Crippen molar-refractivity contribution in [2.45, 2.75) is 29.1 Å². The van der Waals surface area contributed by atoms with E-state index in [2.05, 4.69) is 28.3 Å². The molecule has 0 amide bonds. The summed E-state index contributed by atoms with van der Waals surface area (Å²) in [6, 6.07) is 0. The molecule has 0 aliphatic carbocycles. The fraction of sp³-hybridized carbons (Fsp3) is 0.889. The van der Waals surface area contributed by atoms with E-state index in [-0.39, 0.29) is 102 Å². The van der Waals surface area contributed by atoms with E-state index in [0.717, 1.165) is 6.61 Å². The topological polar surface area (TPSA) is 185 Å². The van der Waals surface area contributed by atoms with Gasteiger partial charge in [-0.3, -0.25) is 0 Å². The normalized spacial score (nSPS) is 12.7. The molecule has 8 N–H and O–H groups in total. The number of rotatable bonds is 10. The number of aliphatic hydroxyl groups excluding tert-OH is 4. The summed E-state index contributed by atoms with van der Waals surface area (Å²) in [5.74, 6) is 2.76. The maximum atomic E-state index is 8.40. The smallest absolute Gasteiger partial charge is 0.870 e. The van der Waals surface area contributed by atoms with Crippen LogP contribution in [0.15, 0.2) is 12.7 Å². The molecule has 1 fully saturated rings. The van der Waals surface area contributed by atoms with Gasteiger partial charge in [0.15, 0.2) is 0 Å². The molecular weight excluding hydrogens is 810 g/mol. The van der Waals surface area contributed by atoms with Crippen LogP contribution < -0.4 is 0 Å². The summed E-state index contributed by atoms with van der Waals surface area (Å²) >= 11 is 51.7. The largest absolute Gasteiger partial charge is 2.00 e. The minimum Gasteiger partial charge on any atom is -0.870 e. The van der Waals surface area contributed by atoms with Crippen LogP contribution in [0.1, 0.15) is 0 Å². The molecule has 0 radical (unpaired) electrons. The number of hydrogen-bond donors (Lipinski definition) is 4. The Bertz CT molecular complexity index is 296. The summed E-state index contributed by atoms with van der Waals surface area (Å²) in [7, 11) is 8.22. The van der Waals surface area contributed by atoms with Crippen LogP contribution in [0.3, 0.4) is 0 Å². The minimum absolute atomic E-state index is 0. The first-order valence-electron chi connectivity index (χ1n) is 9.29. The molecule has 3 atom stereocenters. The third-order valence-corrected chi connectivity index (χ3v) is 5.76. The molecule has 21 heteroatoms. The first kappa shape index (κ1) is 69.8. The van der Waals surface area contributed by atoms with Crippen molar-refractivity contribution in [2.24, 2.45) is 0 Å². The van der Waals surface area contributed by atoms with Crippen molar-refractivity contribution in [3.63, 3.8) is 0 Å². The SMILES string of the molecule is C=CCCl.ClCC1CO1.ClCl.O.OC(CCl)CCl.OC(CCl)CCl.OCC(Cl)CCl.OCC(Cl)CCl.[Ca+2].[OH-].[OH-]. The van der Waals surface area contributed by atoms with Crippen LogP contribution in [0.4, 0.5) is 0 Å². The molecule has 0 saturated carbocycles. The summed E-state index contributed by atoms with van der Waals surface area (Å²) in [5.41, 5.74) is 0. The number of ether oxygens (including phenoxy) is 1. The van der Waals surface area contributed by atoms with E-state index < -0.39 is 12.2 Å². The van der Waals surface area contributed by atoms with Crippen molar-refractivity contribution in [3.05, 3.63) is 12.7 Å². The van der Waals surface area contributed by atoms with Gasteiger partial charge in [0.25, 0.3) is 0 Å². The number of aliphatic hydroxyl groups is 4. The minimum atomic E-state index is -0.534. The molecule has 3 unspecified atom stereocenters. The van der Waals surface area contributed by atoms with E-state index in [1.54, 1.807) is 6.08 Å². The van der Waals surface area contributed by atoms with Gasteiger partial charge in [-0.05, 0) is 0 Å². The van der Waals surface area contributed by atoms with Gasteiger partial charge < -0.3 is 41.6 Å². The molecule has 0 bridgehead atoms. The quantitative estimate of drug-likeness (QED) is 0.101. The first-order chi connectivity index (χ1) is 16.6. The van der Waals surface area contributed by atoms with Crippen molar-refractivity contribution >= 4 is 175 Å². The van der Waals surface area contributed by atoms with Gasteiger partial charge in [0.2, 0.25) is 0 Å². The van der Waals surface area contributed by atoms with Crippen molar-refractivity contribution in [3.8, 4) is 0 Å². The number of hydrogen-bond acceptors (Lipinski definition) is 7. The molecule has 0 aromatic carbocycles. The summed E-state index contributed by atoms with van der Waals surface area (Å²) in [6.07, 6.45) is 0.972. The molecule has 1 rings (SSSR count). The maximum absolute atomic E-state index is 8.40. The Balaban J connectivity index is -0.0000000314. The molecule has 0 spiro atoms. The Labute approximate surface area is 321 Å². The summed E-state index contributed by atoms with van der Waals surface area (Å²) in [6.45, 7) is 4.15. The number of allylic oxidation sites excluding steroid dienone is 1. The van der Waals surface area contributed by atoms with Crippen LogP contribution in [0, 0.1) is 0 Å². The van der Waals surface area contributed by atoms with Gasteiger partial charge in [-0.1, -0.05) is 6.08 Å². The van der Waals surface area contributed by atoms with Crippen LogP contribution in [0.2, 0.25) is 0 Å². The van der Waals surface area contributed by atoms with Crippen molar-refractivity contribution in [2.75, 3.05) is 66.9 Å². The molecule has 1 aliphatic rings. The molecular formula is C18H38CaCl12O8. The second kappa shape index (κ2) is 69.1. The van der Waals surface area contributed by atoms with Gasteiger partial charge >= 0.3 is 37.7 Å². The molecule has 1 heterocycles. The van der Waals surface area contributed by atoms with E-state index in [0.29, 0.717) is 29.6 Å². The Morgan fingerprint density at radius 1 is 0.718 bits per heavy atom. The average Bonchev–Trinajstić information content (AvgIpc) is 3.78. The Hall–Kier alpha value is 4.16. The zero-order valence-electron chi connectivity index (χ0n) is 20.8. The van der Waals surface area contributed by atoms with Gasteiger partial charge in [0.05, 0.1) is 54.8 Å². The number of epoxide rings is 1. The fourth-order valence-corrected chi connectivity index (χ4v) is 1.37. The Morgan fingerprint density at radius 3 is 0.949 bits per heavy atom. The average molecular weight is 848 g/mol. The van der Waals surface area contributed by atoms with E-state index in [4.69, 9.17) is 141 Å². The Morgan fingerprint density at radius 2 is 0.949 bits per heavy atom. The van der Waals surface area contributed by atoms with Crippen molar-refractivity contribution in [1.82, 2.24) is 0 Å². The van der Waals surface area contributed by atoms with E-state index in [1.165, 1.54) is 0 Å². The zero-order chi connectivity index (χ0) is 29.1. The van der Waals surface area contributed by atoms with Crippen molar-refractivity contribution < 1.29 is 41.6 Å². The number of alkyl halides is 10. The van der Waals surface area contributed by atoms with Crippen LogP contribution in [0.5, 0.6) is 0 Å². The van der Waals surface area contributed by atoms with E-state index in [9.17, 15) is 0 Å². The van der Waals surface area contributed by atoms with Gasteiger partial charge in [-0.25, -0.2) is 0 Å². The maximum Gasteiger partial charge on any atom is 2.00 e. The van der Waals surface area contributed by atoms with Gasteiger partial charge in [0, 0.05) is 62.9 Å². The second-order valence-electron chi connectivity index (χ2n) is 5.35. The molecule has 0 aromatic heterocycles. The zero-order valence-corrected chi connectivity index (χ0v) is 32.1. The van der Waals surface area contributed by atoms with Gasteiger partial charge in [-0.2, -0.15) is 0 Å². The third-order valence-electron chi connectivity index (χ3n) is 2.13. The number of halogens is 12. The molecule has 0 aromatic rings. The van der Waals surface area contributed by atoms with Crippen LogP contribution in [-0.2, 0) is 4.74 Å². The van der Waals surface area contributed by atoms with Crippen LogP contribution in [0.25, 0.3) is 0 Å². The van der Waals surface area contributed by atoms with Crippen molar-refractivity contribution in [1.29, 1.82) is 0 Å². The molecule has 1 saturated heterocycles. The summed E-state index contributed by atoms with van der Waals surface area (Å²) < 4.78 is 4.73. The predicted molar refractivity (Wildman–Crippen MR) is 176 cm³/mol. The first-order valence-corrected chi connectivity index (χ1v) is 15.6. The van der Waals surface area contributed by atoms with Gasteiger partial charge in [0.1, 0.15) is 0 Å². The van der Waals surface area contributed by atoms with E-state index >= 15 is 0 Å². The molecule has 8 nitrogen and oxygen atoms in total. The van der Waals surface area contributed by atoms with E-state index in [1.807, 2.05) is 0 Å². The summed E-state index contributed by atoms with van der Waals surface area (Å²) in [5, 5.41) is 32.5. The standard InChI is InChI=1S/4C3H6Cl2O.C3H5ClO.C3H5Cl.Ca.Cl2.3H2O/c2*4-1-3(5)2-6;2*4-1-3(6)2-5;4-1-3-2-5-3;1-2-3-4;;1-2;;;/h4*3,6H,1-2H2;3H,1-2H2;2H,1,3H2;;;3*1H2/q;;;;;;+2;;;;/p-2. The molecule has 39 heavy (non-hydrogen) atoms. The molecule has 1 aliphatic heterocycles. The second-order valence-corrected chi connectivity index (χ2v) is 9.05. The van der Waals surface area contributed by atoms with Crippen LogP contribution in [-0.4, -0.2) is 171 Å². The molecule has 244 valence electrons. The summed E-state index contributed by atoms with van der Waals surface area (Å²) in [4.78, 5) is 0. The van der Waals surface area contributed by atoms with Crippen LogP contribution >= 0.6 is 138 Å². The third kappa shape index (κ3) is 99.4.